The molecule has 2 aromatic rings. The summed E-state index contributed by atoms with van der Waals surface area (Å²) in [6.07, 6.45) is 4.26. The van der Waals surface area contributed by atoms with Crippen LogP contribution in [0, 0.1) is 6.92 Å². The summed E-state index contributed by atoms with van der Waals surface area (Å²) in [4.78, 5) is 4.42. The molecule has 0 aromatic carbocycles. The monoisotopic (exact) mass is 218 g/mol. The van der Waals surface area contributed by atoms with E-state index in [-0.39, 0.29) is 0 Å². The lowest BCUT2D eigenvalue weighted by molar-refractivity contribution is 0.774. The van der Waals surface area contributed by atoms with Crippen LogP contribution in [0.15, 0.2) is 12.3 Å². The van der Waals surface area contributed by atoms with E-state index < -0.39 is 0 Å². The maximum atomic E-state index is 4.42. The zero-order chi connectivity index (χ0) is 11.5. The number of pyridine rings is 1. The fourth-order valence-electron chi connectivity index (χ4n) is 1.81. The highest BCUT2D eigenvalue weighted by atomic mass is 15.3. The van der Waals surface area contributed by atoms with Crippen molar-refractivity contribution >= 4 is 16.7 Å². The smallest absolute Gasteiger partial charge is 0.157 e. The number of nitrogens with zero attached hydrogens (tertiary/aromatic N) is 3. The highest BCUT2D eigenvalue weighted by Gasteiger charge is 2.06. The van der Waals surface area contributed by atoms with Gasteiger partial charge in [-0.05, 0) is 19.4 Å². The van der Waals surface area contributed by atoms with E-state index in [9.17, 15) is 0 Å². The molecule has 0 amide bonds. The van der Waals surface area contributed by atoms with Gasteiger partial charge in [-0.1, -0.05) is 13.3 Å². The van der Waals surface area contributed by atoms with Crippen molar-refractivity contribution in [3.63, 3.8) is 0 Å². The molecule has 0 saturated heterocycles. The predicted octanol–water partition coefficient (Wildman–Crippen LogP) is 2.49. The Hall–Kier alpha value is -1.58. The molecular formula is C12H18N4. The highest BCUT2D eigenvalue weighted by Crippen LogP contribution is 2.19. The third-order valence-electron chi connectivity index (χ3n) is 2.72. The Bertz CT molecular complexity index is 487. The summed E-state index contributed by atoms with van der Waals surface area (Å²) in [6.45, 7) is 5.21. The van der Waals surface area contributed by atoms with Crippen molar-refractivity contribution in [1.29, 1.82) is 0 Å². The number of nitrogens with one attached hydrogen (secondary N) is 1. The second-order valence-electron chi connectivity index (χ2n) is 4.08. The van der Waals surface area contributed by atoms with Gasteiger partial charge in [0.25, 0.3) is 0 Å². The van der Waals surface area contributed by atoms with Gasteiger partial charge in [-0.15, -0.1) is 0 Å². The second kappa shape index (κ2) is 4.51. The second-order valence-corrected chi connectivity index (χ2v) is 4.08. The van der Waals surface area contributed by atoms with E-state index >= 15 is 0 Å². The summed E-state index contributed by atoms with van der Waals surface area (Å²) in [5.41, 5.74) is 3.06. The molecule has 2 aromatic heterocycles. The maximum absolute atomic E-state index is 4.42. The third kappa shape index (κ3) is 2.01. The Kier molecular flexibility index (Phi) is 3.08. The van der Waals surface area contributed by atoms with Crippen LogP contribution in [-0.2, 0) is 7.05 Å². The molecule has 0 atom stereocenters. The fraction of sp³-hybridized carbons (Fsp3) is 0.500. The molecule has 16 heavy (non-hydrogen) atoms. The number of anilines is 1. The largest absolute Gasteiger partial charge is 0.384 e. The van der Waals surface area contributed by atoms with Gasteiger partial charge in [0, 0.05) is 19.0 Å². The molecule has 4 heteroatoms. The maximum Gasteiger partial charge on any atom is 0.157 e. The first-order valence-electron chi connectivity index (χ1n) is 5.75. The standard InChI is InChI=1S/C12H18N4/c1-4-5-6-13-10-7-11-9(2)15-16(3)12(11)14-8-10/h7-8,13H,4-6H2,1-3H3. The van der Waals surface area contributed by atoms with E-state index in [1.807, 2.05) is 24.9 Å². The molecule has 0 fully saturated rings. The van der Waals surface area contributed by atoms with Crippen molar-refractivity contribution in [3.05, 3.63) is 18.0 Å². The predicted molar refractivity (Wildman–Crippen MR) is 66.6 cm³/mol. The lowest BCUT2D eigenvalue weighted by Gasteiger charge is -2.04. The average molecular weight is 218 g/mol. The van der Waals surface area contributed by atoms with Gasteiger partial charge < -0.3 is 5.32 Å². The van der Waals surface area contributed by atoms with Gasteiger partial charge in [-0.25, -0.2) is 4.98 Å². The minimum Gasteiger partial charge on any atom is -0.384 e. The Morgan fingerprint density at radius 2 is 2.25 bits per heavy atom. The van der Waals surface area contributed by atoms with Gasteiger partial charge >= 0.3 is 0 Å². The van der Waals surface area contributed by atoms with Crippen LogP contribution in [0.3, 0.4) is 0 Å². The molecular weight excluding hydrogens is 200 g/mol. The van der Waals surface area contributed by atoms with Crippen LogP contribution in [0.2, 0.25) is 0 Å². The lowest BCUT2D eigenvalue weighted by atomic mass is 10.2. The summed E-state index contributed by atoms with van der Waals surface area (Å²) in [5.74, 6) is 0. The first-order chi connectivity index (χ1) is 7.72. The van der Waals surface area contributed by atoms with Crippen LogP contribution < -0.4 is 5.32 Å². The van der Waals surface area contributed by atoms with Crippen molar-refractivity contribution in [2.45, 2.75) is 26.7 Å². The molecule has 2 rings (SSSR count). The number of rotatable bonds is 4. The Labute approximate surface area is 95.7 Å². The Balaban J connectivity index is 2.25. The van der Waals surface area contributed by atoms with Gasteiger partial charge in [0.05, 0.1) is 17.6 Å². The molecule has 0 saturated carbocycles. The van der Waals surface area contributed by atoms with Gasteiger partial charge in [0.1, 0.15) is 0 Å². The molecule has 1 N–H and O–H groups in total. The topological polar surface area (TPSA) is 42.7 Å². The van der Waals surface area contributed by atoms with Crippen LogP contribution in [0.5, 0.6) is 0 Å². The number of aromatic nitrogens is 3. The van der Waals surface area contributed by atoms with Crippen LogP contribution in [0.25, 0.3) is 11.0 Å². The minimum absolute atomic E-state index is 0.943. The average Bonchev–Trinajstić information content (AvgIpc) is 2.55. The van der Waals surface area contributed by atoms with Gasteiger partial charge in [0.15, 0.2) is 5.65 Å². The normalized spacial score (nSPS) is 10.9. The highest BCUT2D eigenvalue weighted by molar-refractivity contribution is 5.81. The number of aryl methyl sites for hydroxylation is 2. The SMILES string of the molecule is CCCCNc1cnc2c(c1)c(C)nn2C. The lowest BCUT2D eigenvalue weighted by Crippen LogP contribution is -2.01. The molecule has 0 radical (unpaired) electrons. The van der Waals surface area contributed by atoms with E-state index in [1.54, 1.807) is 0 Å². The van der Waals surface area contributed by atoms with Crippen molar-refractivity contribution in [1.82, 2.24) is 14.8 Å². The first kappa shape index (κ1) is 10.9. The van der Waals surface area contributed by atoms with Crippen LogP contribution in [-0.4, -0.2) is 21.3 Å². The molecule has 0 aliphatic rings. The molecule has 0 unspecified atom stereocenters. The van der Waals surface area contributed by atoms with Gasteiger partial charge in [0.2, 0.25) is 0 Å². The molecule has 86 valence electrons. The number of fused-ring (bicyclic) bond motifs is 1. The van der Waals surface area contributed by atoms with Crippen molar-refractivity contribution < 1.29 is 0 Å². The Morgan fingerprint density at radius 1 is 1.44 bits per heavy atom. The van der Waals surface area contributed by atoms with Gasteiger partial charge in [-0.3, -0.25) is 4.68 Å². The number of unbranched alkanes of at least 4 members (excludes halogenated alkanes) is 1. The molecule has 0 aliphatic heterocycles. The summed E-state index contributed by atoms with van der Waals surface area (Å²) in [6, 6.07) is 2.13. The first-order valence-corrected chi connectivity index (χ1v) is 5.75. The van der Waals surface area contributed by atoms with E-state index in [0.717, 1.165) is 29.0 Å². The zero-order valence-electron chi connectivity index (χ0n) is 10.1. The van der Waals surface area contributed by atoms with E-state index in [2.05, 4.69) is 28.4 Å². The summed E-state index contributed by atoms with van der Waals surface area (Å²) < 4.78 is 1.82. The quantitative estimate of drug-likeness (QED) is 0.802. The van der Waals surface area contributed by atoms with Crippen molar-refractivity contribution in [2.75, 3.05) is 11.9 Å². The minimum atomic E-state index is 0.943. The number of hydrogen-bond acceptors (Lipinski definition) is 3. The van der Waals surface area contributed by atoms with Crippen LogP contribution in [0.1, 0.15) is 25.5 Å². The number of hydrogen-bond donors (Lipinski definition) is 1. The molecule has 0 bridgehead atoms. The molecule has 4 nitrogen and oxygen atoms in total. The summed E-state index contributed by atoms with van der Waals surface area (Å²) in [5, 5.41) is 8.86. The van der Waals surface area contributed by atoms with Crippen molar-refractivity contribution in [2.24, 2.45) is 7.05 Å². The van der Waals surface area contributed by atoms with E-state index in [1.165, 1.54) is 12.8 Å². The Morgan fingerprint density at radius 3 is 3.00 bits per heavy atom. The van der Waals surface area contributed by atoms with E-state index in [4.69, 9.17) is 0 Å². The van der Waals surface area contributed by atoms with Crippen LogP contribution in [0.4, 0.5) is 5.69 Å². The molecule has 0 spiro atoms. The van der Waals surface area contributed by atoms with Crippen LogP contribution >= 0.6 is 0 Å². The van der Waals surface area contributed by atoms with E-state index in [0.29, 0.717) is 0 Å². The summed E-state index contributed by atoms with van der Waals surface area (Å²) >= 11 is 0. The van der Waals surface area contributed by atoms with Crippen molar-refractivity contribution in [3.8, 4) is 0 Å². The summed E-state index contributed by atoms with van der Waals surface area (Å²) in [7, 11) is 1.92. The fourth-order valence-corrected chi connectivity index (χ4v) is 1.81. The van der Waals surface area contributed by atoms with Gasteiger partial charge in [-0.2, -0.15) is 5.10 Å². The zero-order valence-corrected chi connectivity index (χ0v) is 10.1. The molecule has 2 heterocycles. The third-order valence-corrected chi connectivity index (χ3v) is 2.72. The molecule has 0 aliphatic carbocycles.